The van der Waals surface area contributed by atoms with Crippen molar-refractivity contribution in [3.8, 4) is 0 Å². The SMILES string of the molecule is COCCN(CCOC)C(=O)c1ccc(Cl)cc1N. The molecule has 0 heterocycles. The molecule has 5 nitrogen and oxygen atoms in total. The van der Waals surface area contributed by atoms with E-state index in [9.17, 15) is 4.79 Å². The number of hydrogen-bond donors (Lipinski definition) is 1. The first-order chi connectivity index (χ1) is 9.10. The number of hydrogen-bond acceptors (Lipinski definition) is 4. The van der Waals surface area contributed by atoms with Crippen LogP contribution in [0, 0.1) is 0 Å². The molecule has 0 spiro atoms. The second kappa shape index (κ2) is 7.99. The van der Waals surface area contributed by atoms with Crippen LogP contribution < -0.4 is 5.73 Å². The van der Waals surface area contributed by atoms with Gasteiger partial charge in [0.05, 0.1) is 18.8 Å². The molecule has 1 aromatic carbocycles. The molecule has 0 aliphatic heterocycles. The third kappa shape index (κ3) is 4.70. The number of rotatable bonds is 7. The van der Waals surface area contributed by atoms with Gasteiger partial charge in [-0.1, -0.05) is 11.6 Å². The number of benzene rings is 1. The Balaban J connectivity index is 2.84. The third-order valence-electron chi connectivity index (χ3n) is 2.66. The number of carbonyl (C=O) groups is 1. The van der Waals surface area contributed by atoms with E-state index in [0.717, 1.165) is 0 Å². The Morgan fingerprint density at radius 2 is 1.84 bits per heavy atom. The standard InChI is InChI=1S/C13H19ClN2O3/c1-18-7-5-16(6-8-19-2)13(17)11-4-3-10(14)9-12(11)15/h3-4,9H,5-8,15H2,1-2H3. The van der Waals surface area contributed by atoms with Crippen LogP contribution in [0.2, 0.25) is 5.02 Å². The minimum Gasteiger partial charge on any atom is -0.398 e. The highest BCUT2D eigenvalue weighted by Crippen LogP contribution is 2.19. The van der Waals surface area contributed by atoms with Crippen LogP contribution >= 0.6 is 11.6 Å². The summed E-state index contributed by atoms with van der Waals surface area (Å²) in [6, 6.07) is 4.85. The topological polar surface area (TPSA) is 64.8 Å². The molecule has 6 heteroatoms. The summed E-state index contributed by atoms with van der Waals surface area (Å²) >= 11 is 5.82. The van der Waals surface area contributed by atoms with E-state index in [1.54, 1.807) is 37.3 Å². The van der Waals surface area contributed by atoms with Gasteiger partial charge in [-0.2, -0.15) is 0 Å². The van der Waals surface area contributed by atoms with E-state index < -0.39 is 0 Å². The second-order valence-electron chi connectivity index (χ2n) is 4.01. The zero-order valence-corrected chi connectivity index (χ0v) is 11.9. The fraction of sp³-hybridized carbons (Fsp3) is 0.462. The zero-order valence-electron chi connectivity index (χ0n) is 11.2. The van der Waals surface area contributed by atoms with E-state index in [0.29, 0.717) is 42.6 Å². The zero-order chi connectivity index (χ0) is 14.3. The van der Waals surface area contributed by atoms with E-state index in [-0.39, 0.29) is 5.91 Å². The molecule has 106 valence electrons. The first-order valence-electron chi connectivity index (χ1n) is 5.92. The molecule has 1 aromatic rings. The molecule has 0 aliphatic carbocycles. The summed E-state index contributed by atoms with van der Waals surface area (Å²) in [7, 11) is 3.19. The third-order valence-corrected chi connectivity index (χ3v) is 2.90. The lowest BCUT2D eigenvalue weighted by Gasteiger charge is -2.22. The molecular weight excluding hydrogens is 268 g/mol. The minimum absolute atomic E-state index is 0.150. The Morgan fingerprint density at radius 1 is 1.26 bits per heavy atom. The average molecular weight is 287 g/mol. The van der Waals surface area contributed by atoms with E-state index >= 15 is 0 Å². The average Bonchev–Trinajstić information content (AvgIpc) is 2.38. The summed E-state index contributed by atoms with van der Waals surface area (Å²) in [5.41, 5.74) is 6.64. The Labute approximate surface area is 118 Å². The maximum absolute atomic E-state index is 12.4. The van der Waals surface area contributed by atoms with E-state index in [2.05, 4.69) is 0 Å². The molecule has 0 bridgehead atoms. The van der Waals surface area contributed by atoms with Crippen molar-refractivity contribution in [2.45, 2.75) is 0 Å². The van der Waals surface area contributed by atoms with Crippen molar-refractivity contribution < 1.29 is 14.3 Å². The molecule has 0 saturated carbocycles. The van der Waals surface area contributed by atoms with Crippen molar-refractivity contribution in [3.05, 3.63) is 28.8 Å². The quantitative estimate of drug-likeness (QED) is 0.774. The summed E-state index contributed by atoms with van der Waals surface area (Å²) in [5, 5.41) is 0.509. The predicted octanol–water partition coefficient (Wildman–Crippen LogP) is 1.66. The van der Waals surface area contributed by atoms with Gasteiger partial charge in [0.2, 0.25) is 0 Å². The van der Waals surface area contributed by atoms with Crippen LogP contribution in [-0.4, -0.2) is 51.3 Å². The van der Waals surface area contributed by atoms with Crippen molar-refractivity contribution in [2.24, 2.45) is 0 Å². The van der Waals surface area contributed by atoms with E-state index in [1.165, 1.54) is 0 Å². The highest BCUT2D eigenvalue weighted by atomic mass is 35.5. The van der Waals surface area contributed by atoms with Crippen LogP contribution in [0.15, 0.2) is 18.2 Å². The van der Waals surface area contributed by atoms with Gasteiger partial charge in [-0.15, -0.1) is 0 Å². The number of nitrogens with zero attached hydrogens (tertiary/aromatic N) is 1. The molecule has 0 saturated heterocycles. The summed E-state index contributed by atoms with van der Waals surface area (Å²) in [6.45, 7) is 1.90. The van der Waals surface area contributed by atoms with Gasteiger partial charge in [-0.05, 0) is 18.2 Å². The van der Waals surface area contributed by atoms with Crippen LogP contribution in [0.1, 0.15) is 10.4 Å². The first kappa shape index (κ1) is 15.8. The molecule has 2 N–H and O–H groups in total. The number of nitrogen functional groups attached to an aromatic ring is 1. The number of amides is 1. The molecule has 0 unspecified atom stereocenters. The minimum atomic E-state index is -0.150. The van der Waals surface area contributed by atoms with Gasteiger partial charge in [0.1, 0.15) is 0 Å². The molecular formula is C13H19ClN2O3. The number of nitrogens with two attached hydrogens (primary N) is 1. The highest BCUT2D eigenvalue weighted by molar-refractivity contribution is 6.31. The number of halogens is 1. The first-order valence-corrected chi connectivity index (χ1v) is 6.30. The van der Waals surface area contributed by atoms with Crippen molar-refractivity contribution in [1.82, 2.24) is 4.90 Å². The smallest absolute Gasteiger partial charge is 0.256 e. The van der Waals surface area contributed by atoms with Crippen molar-refractivity contribution >= 4 is 23.2 Å². The maximum atomic E-state index is 12.4. The molecule has 1 amide bonds. The van der Waals surface area contributed by atoms with Crippen molar-refractivity contribution in [3.63, 3.8) is 0 Å². The summed E-state index contributed by atoms with van der Waals surface area (Å²) in [4.78, 5) is 14.0. The van der Waals surface area contributed by atoms with Crippen molar-refractivity contribution in [1.29, 1.82) is 0 Å². The van der Waals surface area contributed by atoms with Gasteiger partial charge in [0.25, 0.3) is 5.91 Å². The fourth-order valence-corrected chi connectivity index (χ4v) is 1.80. The molecule has 0 atom stereocenters. The summed E-state index contributed by atoms with van der Waals surface area (Å²) in [5.74, 6) is -0.150. The summed E-state index contributed by atoms with van der Waals surface area (Å²) in [6.07, 6.45) is 0. The number of methoxy groups -OCH3 is 2. The lowest BCUT2D eigenvalue weighted by atomic mass is 10.1. The van der Waals surface area contributed by atoms with Crippen LogP contribution in [0.5, 0.6) is 0 Å². The van der Waals surface area contributed by atoms with Crippen LogP contribution in [-0.2, 0) is 9.47 Å². The monoisotopic (exact) mass is 286 g/mol. The lowest BCUT2D eigenvalue weighted by Crippen LogP contribution is -2.36. The molecule has 19 heavy (non-hydrogen) atoms. The van der Waals surface area contributed by atoms with Gasteiger partial charge >= 0.3 is 0 Å². The molecule has 1 rings (SSSR count). The fourth-order valence-electron chi connectivity index (χ4n) is 1.62. The van der Waals surface area contributed by atoms with E-state index in [1.807, 2.05) is 0 Å². The van der Waals surface area contributed by atoms with Crippen molar-refractivity contribution in [2.75, 3.05) is 46.3 Å². The van der Waals surface area contributed by atoms with Gasteiger partial charge in [-0.3, -0.25) is 4.79 Å². The highest BCUT2D eigenvalue weighted by Gasteiger charge is 2.17. The Morgan fingerprint density at radius 3 is 2.32 bits per heavy atom. The van der Waals surface area contributed by atoms with Crippen LogP contribution in [0.3, 0.4) is 0 Å². The Kier molecular flexibility index (Phi) is 6.62. The maximum Gasteiger partial charge on any atom is 0.256 e. The molecule has 0 aliphatic rings. The van der Waals surface area contributed by atoms with E-state index in [4.69, 9.17) is 26.8 Å². The normalized spacial score (nSPS) is 10.5. The van der Waals surface area contributed by atoms with Gasteiger partial charge in [-0.25, -0.2) is 0 Å². The Bertz CT molecular complexity index is 418. The summed E-state index contributed by atoms with van der Waals surface area (Å²) < 4.78 is 10.0. The van der Waals surface area contributed by atoms with Gasteiger partial charge in [0, 0.05) is 38.0 Å². The second-order valence-corrected chi connectivity index (χ2v) is 4.45. The lowest BCUT2D eigenvalue weighted by molar-refractivity contribution is 0.0628. The van der Waals surface area contributed by atoms with Crippen LogP contribution in [0.4, 0.5) is 5.69 Å². The number of anilines is 1. The predicted molar refractivity (Wildman–Crippen MR) is 75.5 cm³/mol. The number of carbonyl (C=O) groups excluding carboxylic acids is 1. The van der Waals surface area contributed by atoms with Gasteiger partial charge < -0.3 is 20.1 Å². The van der Waals surface area contributed by atoms with Crippen LogP contribution in [0.25, 0.3) is 0 Å². The molecule has 0 aromatic heterocycles. The largest absolute Gasteiger partial charge is 0.398 e. The molecule has 0 radical (unpaired) electrons. The Hall–Kier alpha value is -1.30. The number of ether oxygens (including phenoxy) is 2. The van der Waals surface area contributed by atoms with Gasteiger partial charge in [0.15, 0.2) is 0 Å². The molecule has 0 fully saturated rings.